The van der Waals surface area contributed by atoms with Gasteiger partial charge in [0.2, 0.25) is 5.17 Å². The lowest BCUT2D eigenvalue weighted by atomic mass is 10.1. The fourth-order valence-electron chi connectivity index (χ4n) is 5.24. The molecule has 0 radical (unpaired) electrons. The average molecular weight is 576 g/mol. The molecule has 3 aromatic carbocycles. The lowest BCUT2D eigenvalue weighted by Gasteiger charge is -2.13. The topological polar surface area (TPSA) is 130 Å². The molecular weight excluding hydrogens is 554 g/mol. The van der Waals surface area contributed by atoms with Crippen molar-refractivity contribution < 1.29 is 14.4 Å². The number of nitrogens with zero attached hydrogens (tertiary/aromatic N) is 5. The van der Waals surface area contributed by atoms with Crippen molar-refractivity contribution in [3.8, 4) is 5.69 Å². The number of carbonyl (C=O) groups is 3. The van der Waals surface area contributed by atoms with Crippen LogP contribution in [0.4, 0.5) is 17.1 Å². The minimum absolute atomic E-state index is 0.0374. The van der Waals surface area contributed by atoms with E-state index in [0.717, 1.165) is 11.8 Å². The van der Waals surface area contributed by atoms with E-state index in [4.69, 9.17) is 0 Å². The van der Waals surface area contributed by atoms with Gasteiger partial charge in [-0.15, -0.1) is 10.2 Å². The van der Waals surface area contributed by atoms with Crippen molar-refractivity contribution in [1.82, 2.24) is 9.36 Å². The standard InChI is InChI=1S/C30H21N7O4S/c1-16-24(28(40)37(35(16)2)17-10-4-3-5-11-17)36-29(41)25(22-18-12-6-8-14-20(18)31-26(22)38)42-30(36)34-33-23-19-13-7-9-15-21(19)32-27(23)39/h3-15H,1-2H3,(H,31,38)(H,32,33,39)/b25-22?,34-30+. The second kappa shape index (κ2) is 9.56. The number of benzene rings is 3. The van der Waals surface area contributed by atoms with E-state index in [1.165, 1.54) is 9.58 Å². The van der Waals surface area contributed by atoms with Crippen LogP contribution in [0.1, 0.15) is 16.8 Å². The van der Waals surface area contributed by atoms with Gasteiger partial charge >= 0.3 is 0 Å². The molecule has 206 valence electrons. The number of fused-ring (bicyclic) bond motifs is 2. The quantitative estimate of drug-likeness (QED) is 0.285. The molecule has 0 saturated carbocycles. The minimum atomic E-state index is -0.594. The highest BCUT2D eigenvalue weighted by Gasteiger charge is 2.43. The van der Waals surface area contributed by atoms with E-state index in [2.05, 4.69) is 20.8 Å². The molecule has 7 rings (SSSR count). The van der Waals surface area contributed by atoms with Gasteiger partial charge in [-0.1, -0.05) is 54.6 Å². The number of hydrogen-bond donors (Lipinski definition) is 2. The molecule has 12 heteroatoms. The monoisotopic (exact) mass is 575 g/mol. The van der Waals surface area contributed by atoms with Gasteiger partial charge in [-0.25, -0.2) is 9.58 Å². The van der Waals surface area contributed by atoms with Crippen molar-refractivity contribution in [2.75, 3.05) is 15.5 Å². The van der Waals surface area contributed by atoms with E-state index in [-0.39, 0.29) is 27.0 Å². The molecule has 0 unspecified atom stereocenters. The zero-order valence-corrected chi connectivity index (χ0v) is 23.1. The largest absolute Gasteiger partial charge is 0.321 e. The molecule has 0 bridgehead atoms. The molecule has 0 atom stereocenters. The van der Waals surface area contributed by atoms with Crippen molar-refractivity contribution >= 4 is 63.0 Å². The Bertz CT molecular complexity index is 2020. The van der Waals surface area contributed by atoms with Crippen LogP contribution < -0.4 is 21.1 Å². The number of nitrogens with one attached hydrogen (secondary N) is 2. The molecule has 4 aromatic rings. The van der Waals surface area contributed by atoms with Crippen molar-refractivity contribution in [3.63, 3.8) is 0 Å². The average Bonchev–Trinajstić information content (AvgIpc) is 3.66. The van der Waals surface area contributed by atoms with E-state index in [0.29, 0.717) is 33.9 Å². The van der Waals surface area contributed by atoms with Gasteiger partial charge in [-0.05, 0) is 43.0 Å². The van der Waals surface area contributed by atoms with Crippen LogP contribution in [0.2, 0.25) is 0 Å². The fraction of sp³-hybridized carbons (Fsp3) is 0.0667. The highest BCUT2D eigenvalue weighted by molar-refractivity contribution is 8.19. The third kappa shape index (κ3) is 3.76. The maximum atomic E-state index is 14.2. The normalized spacial score (nSPS) is 19.5. The number of amides is 3. The first-order chi connectivity index (χ1) is 20.3. The van der Waals surface area contributed by atoms with Gasteiger partial charge in [-0.3, -0.25) is 23.9 Å². The number of thioether (sulfide) groups is 1. The SMILES string of the molecule is Cc1c(N2C(=O)C(=C3C(=O)Nc4ccccc43)S/C2=N/N=C2C(=O)Nc3ccccc32)c(=O)n(-c2ccccc2)n1C. The van der Waals surface area contributed by atoms with Crippen molar-refractivity contribution in [2.24, 2.45) is 17.3 Å². The van der Waals surface area contributed by atoms with Crippen LogP contribution in [-0.4, -0.2) is 38.0 Å². The van der Waals surface area contributed by atoms with Gasteiger partial charge in [0.15, 0.2) is 5.71 Å². The molecule has 1 fully saturated rings. The Hall–Kier alpha value is -5.49. The molecule has 2 N–H and O–H groups in total. The van der Waals surface area contributed by atoms with Crippen LogP contribution in [0.5, 0.6) is 0 Å². The van der Waals surface area contributed by atoms with Gasteiger partial charge in [0.05, 0.1) is 27.5 Å². The lowest BCUT2D eigenvalue weighted by molar-refractivity contribution is -0.114. The Labute approximate surface area is 242 Å². The Morgan fingerprint density at radius 1 is 0.738 bits per heavy atom. The molecule has 3 aliphatic rings. The predicted molar refractivity (Wildman–Crippen MR) is 162 cm³/mol. The summed E-state index contributed by atoms with van der Waals surface area (Å²) < 4.78 is 3.10. The Morgan fingerprint density at radius 2 is 1.36 bits per heavy atom. The molecule has 1 saturated heterocycles. The van der Waals surface area contributed by atoms with Gasteiger partial charge < -0.3 is 10.6 Å². The summed E-state index contributed by atoms with van der Waals surface area (Å²) in [5.41, 5.74) is 3.28. The van der Waals surface area contributed by atoms with E-state index in [1.54, 1.807) is 79.3 Å². The van der Waals surface area contributed by atoms with Crippen molar-refractivity contribution in [3.05, 3.63) is 111 Å². The summed E-state index contributed by atoms with van der Waals surface area (Å²) in [4.78, 5) is 55.2. The first-order valence-electron chi connectivity index (χ1n) is 12.9. The Morgan fingerprint density at radius 3 is 2.10 bits per heavy atom. The van der Waals surface area contributed by atoms with Crippen LogP contribution in [0.15, 0.2) is 98.8 Å². The second-order valence-corrected chi connectivity index (χ2v) is 10.7. The van der Waals surface area contributed by atoms with Crippen molar-refractivity contribution in [1.29, 1.82) is 0 Å². The highest BCUT2D eigenvalue weighted by Crippen LogP contribution is 2.43. The molecular formula is C30H21N7O4S. The maximum absolute atomic E-state index is 14.2. The second-order valence-electron chi connectivity index (χ2n) is 9.69. The molecule has 4 heterocycles. The van der Waals surface area contributed by atoms with Crippen LogP contribution in [-0.2, 0) is 21.4 Å². The molecule has 0 aliphatic carbocycles. The molecule has 3 amide bonds. The van der Waals surface area contributed by atoms with Gasteiger partial charge in [-0.2, -0.15) is 0 Å². The molecule has 42 heavy (non-hydrogen) atoms. The Kier molecular flexibility index (Phi) is 5.80. The minimum Gasteiger partial charge on any atom is -0.321 e. The highest BCUT2D eigenvalue weighted by atomic mass is 32.2. The Balaban J connectivity index is 1.43. The number of rotatable bonds is 3. The van der Waals surface area contributed by atoms with Crippen LogP contribution in [0.25, 0.3) is 11.3 Å². The van der Waals surface area contributed by atoms with Gasteiger partial charge in [0, 0.05) is 23.9 Å². The van der Waals surface area contributed by atoms with Gasteiger partial charge in [0.25, 0.3) is 23.3 Å². The lowest BCUT2D eigenvalue weighted by Crippen LogP contribution is -2.34. The molecule has 11 nitrogen and oxygen atoms in total. The summed E-state index contributed by atoms with van der Waals surface area (Å²) in [5.74, 6) is -1.47. The van der Waals surface area contributed by atoms with Gasteiger partial charge in [0.1, 0.15) is 5.69 Å². The zero-order valence-electron chi connectivity index (χ0n) is 22.3. The summed E-state index contributed by atoms with van der Waals surface area (Å²) >= 11 is 0.930. The molecule has 1 aromatic heterocycles. The van der Waals surface area contributed by atoms with Crippen LogP contribution >= 0.6 is 11.8 Å². The fourth-order valence-corrected chi connectivity index (χ4v) is 6.25. The number of para-hydroxylation sites is 3. The zero-order chi connectivity index (χ0) is 29.1. The summed E-state index contributed by atoms with van der Waals surface area (Å²) in [7, 11) is 1.72. The van der Waals surface area contributed by atoms with Crippen molar-refractivity contribution in [2.45, 2.75) is 6.92 Å². The number of anilines is 3. The summed E-state index contributed by atoms with van der Waals surface area (Å²) in [6, 6.07) is 23.2. The number of carbonyl (C=O) groups excluding carboxylic acids is 3. The molecule has 0 spiro atoms. The first-order valence-corrected chi connectivity index (χ1v) is 13.7. The third-order valence-corrected chi connectivity index (χ3v) is 8.34. The van der Waals surface area contributed by atoms with E-state index < -0.39 is 23.3 Å². The summed E-state index contributed by atoms with van der Waals surface area (Å²) in [6.45, 7) is 1.72. The summed E-state index contributed by atoms with van der Waals surface area (Å²) in [6.07, 6.45) is 0. The number of amidine groups is 1. The van der Waals surface area contributed by atoms with Crippen LogP contribution in [0.3, 0.4) is 0 Å². The number of aromatic nitrogens is 2. The third-order valence-electron chi connectivity index (χ3n) is 7.31. The molecule has 3 aliphatic heterocycles. The van der Waals surface area contributed by atoms with E-state index in [1.807, 2.05) is 18.2 Å². The smallest absolute Gasteiger partial charge is 0.296 e. The number of hydrogen-bond acceptors (Lipinski definition) is 7. The van der Waals surface area contributed by atoms with Crippen LogP contribution in [0, 0.1) is 6.92 Å². The van der Waals surface area contributed by atoms with E-state index in [9.17, 15) is 19.2 Å². The first kappa shape index (κ1) is 25.5. The summed E-state index contributed by atoms with van der Waals surface area (Å²) in [5, 5.41) is 14.2. The predicted octanol–water partition coefficient (Wildman–Crippen LogP) is 3.64. The maximum Gasteiger partial charge on any atom is 0.296 e. The van der Waals surface area contributed by atoms with E-state index >= 15 is 0 Å².